The van der Waals surface area contributed by atoms with Gasteiger partial charge in [0.2, 0.25) is 5.43 Å². The van der Waals surface area contributed by atoms with Crippen LogP contribution < -0.4 is 10.2 Å². The largest absolute Gasteiger partial charge is 0.491 e. The van der Waals surface area contributed by atoms with Crippen LogP contribution in [0.15, 0.2) is 29.7 Å². The molecule has 1 aromatic rings. The lowest BCUT2D eigenvalue weighted by molar-refractivity contribution is 0.0281. The average Bonchev–Trinajstić information content (AvgIpc) is 2.54. The SMILES string of the molecule is C=CCC1(CO)CCCN(C(=O)c2cc(=O)c(OC)c[nH]2)C1. The molecule has 0 saturated carbocycles. The third kappa shape index (κ3) is 3.22. The van der Waals surface area contributed by atoms with Gasteiger partial charge in [-0.2, -0.15) is 0 Å². The highest BCUT2D eigenvalue weighted by atomic mass is 16.5. The minimum atomic E-state index is -0.332. The number of ether oxygens (including phenoxy) is 1. The highest BCUT2D eigenvalue weighted by Gasteiger charge is 2.36. The lowest BCUT2D eigenvalue weighted by atomic mass is 9.78. The van der Waals surface area contributed by atoms with Crippen LogP contribution in [0.4, 0.5) is 0 Å². The van der Waals surface area contributed by atoms with Crippen molar-refractivity contribution in [1.82, 2.24) is 9.88 Å². The molecule has 1 fully saturated rings. The van der Waals surface area contributed by atoms with E-state index >= 15 is 0 Å². The topological polar surface area (TPSA) is 82.6 Å². The number of rotatable bonds is 5. The maximum absolute atomic E-state index is 12.6. The van der Waals surface area contributed by atoms with Crippen molar-refractivity contribution in [3.63, 3.8) is 0 Å². The van der Waals surface area contributed by atoms with Crippen LogP contribution in [-0.2, 0) is 0 Å². The summed E-state index contributed by atoms with van der Waals surface area (Å²) in [5.74, 6) is -0.0621. The number of hydrogen-bond acceptors (Lipinski definition) is 4. The summed E-state index contributed by atoms with van der Waals surface area (Å²) in [4.78, 5) is 28.8. The first kappa shape index (κ1) is 16.3. The molecule has 22 heavy (non-hydrogen) atoms. The van der Waals surface area contributed by atoms with Crippen LogP contribution in [-0.4, -0.2) is 47.7 Å². The fourth-order valence-electron chi connectivity index (χ4n) is 2.96. The lowest BCUT2D eigenvalue weighted by Crippen LogP contribution is -2.48. The quantitative estimate of drug-likeness (QED) is 0.800. The third-order valence-electron chi connectivity index (χ3n) is 4.19. The second-order valence-electron chi connectivity index (χ2n) is 5.76. The first-order valence-corrected chi connectivity index (χ1v) is 7.33. The van der Waals surface area contributed by atoms with Crippen molar-refractivity contribution in [3.8, 4) is 5.75 Å². The number of nitrogens with one attached hydrogen (secondary N) is 1. The highest BCUT2D eigenvalue weighted by Crippen LogP contribution is 2.33. The number of carbonyl (C=O) groups is 1. The van der Waals surface area contributed by atoms with Crippen molar-refractivity contribution in [3.05, 3.63) is 40.8 Å². The maximum atomic E-state index is 12.6. The Morgan fingerprint density at radius 1 is 1.64 bits per heavy atom. The van der Waals surface area contributed by atoms with Crippen LogP contribution in [0.3, 0.4) is 0 Å². The zero-order valence-corrected chi connectivity index (χ0v) is 12.8. The van der Waals surface area contributed by atoms with E-state index in [0.29, 0.717) is 19.5 Å². The Kier molecular flexibility index (Phi) is 5.03. The number of pyridine rings is 1. The summed E-state index contributed by atoms with van der Waals surface area (Å²) in [6.07, 6.45) is 5.51. The molecule has 2 heterocycles. The smallest absolute Gasteiger partial charge is 0.270 e. The van der Waals surface area contributed by atoms with Gasteiger partial charge in [-0.1, -0.05) is 6.08 Å². The van der Waals surface area contributed by atoms with Crippen molar-refractivity contribution >= 4 is 5.91 Å². The van der Waals surface area contributed by atoms with Crippen LogP contribution in [0.2, 0.25) is 0 Å². The highest BCUT2D eigenvalue weighted by molar-refractivity contribution is 5.92. The molecule has 0 bridgehead atoms. The molecular weight excluding hydrogens is 284 g/mol. The molecule has 0 spiro atoms. The molecule has 1 amide bonds. The zero-order chi connectivity index (χ0) is 16.2. The van der Waals surface area contributed by atoms with E-state index in [0.717, 1.165) is 12.8 Å². The Bertz CT molecular complexity index is 610. The summed E-state index contributed by atoms with van der Waals surface area (Å²) in [5, 5.41) is 9.70. The monoisotopic (exact) mass is 306 g/mol. The zero-order valence-electron chi connectivity index (χ0n) is 12.8. The Balaban J connectivity index is 2.20. The van der Waals surface area contributed by atoms with Crippen molar-refractivity contribution in [2.75, 3.05) is 26.8 Å². The standard InChI is InChI=1S/C16H22N2O4/c1-3-5-16(11-19)6-4-7-18(10-16)15(21)12-8-13(20)14(22-2)9-17-12/h3,8-9,19H,1,4-7,10-11H2,2H3,(H,17,20). The van der Waals surface area contributed by atoms with Crippen molar-refractivity contribution in [2.45, 2.75) is 19.3 Å². The molecular formula is C16H22N2O4. The fraction of sp³-hybridized carbons (Fsp3) is 0.500. The van der Waals surface area contributed by atoms with Crippen molar-refractivity contribution < 1.29 is 14.6 Å². The summed E-state index contributed by atoms with van der Waals surface area (Å²) in [5.41, 5.74) is -0.429. The van der Waals surface area contributed by atoms with Gasteiger partial charge >= 0.3 is 0 Å². The molecule has 1 aromatic heterocycles. The van der Waals surface area contributed by atoms with Crippen LogP contribution in [0, 0.1) is 5.41 Å². The number of hydrogen-bond donors (Lipinski definition) is 2. The molecule has 6 nitrogen and oxygen atoms in total. The van der Waals surface area contributed by atoms with E-state index in [-0.39, 0.29) is 34.8 Å². The number of H-pyrrole nitrogens is 1. The molecule has 6 heteroatoms. The minimum absolute atomic E-state index is 0.0158. The van der Waals surface area contributed by atoms with Gasteiger partial charge in [0.15, 0.2) is 5.75 Å². The first-order valence-electron chi connectivity index (χ1n) is 7.33. The molecule has 0 radical (unpaired) electrons. The number of likely N-dealkylation sites (tertiary alicyclic amines) is 1. The molecule has 1 saturated heterocycles. The number of aliphatic hydroxyl groups is 1. The number of methoxy groups -OCH3 is 1. The molecule has 1 aliphatic rings. The van der Waals surface area contributed by atoms with E-state index in [9.17, 15) is 14.7 Å². The molecule has 0 aliphatic carbocycles. The molecule has 1 unspecified atom stereocenters. The summed E-state index contributed by atoms with van der Waals surface area (Å²) < 4.78 is 4.89. The Morgan fingerprint density at radius 2 is 2.41 bits per heavy atom. The van der Waals surface area contributed by atoms with Gasteiger partial charge in [-0.3, -0.25) is 9.59 Å². The van der Waals surface area contributed by atoms with E-state index in [1.807, 2.05) is 0 Å². The minimum Gasteiger partial charge on any atom is -0.491 e. The predicted molar refractivity (Wildman–Crippen MR) is 83.1 cm³/mol. The second-order valence-corrected chi connectivity index (χ2v) is 5.76. The van der Waals surface area contributed by atoms with E-state index in [2.05, 4.69) is 11.6 Å². The second kappa shape index (κ2) is 6.79. The van der Waals surface area contributed by atoms with Gasteiger partial charge in [0.05, 0.1) is 13.7 Å². The van der Waals surface area contributed by atoms with Gasteiger partial charge in [0.1, 0.15) is 5.69 Å². The molecule has 1 atom stereocenters. The van der Waals surface area contributed by atoms with Gasteiger partial charge < -0.3 is 19.7 Å². The van der Waals surface area contributed by atoms with Gasteiger partial charge in [0, 0.05) is 30.8 Å². The fourth-order valence-corrected chi connectivity index (χ4v) is 2.96. The number of amides is 1. The van der Waals surface area contributed by atoms with E-state index in [1.165, 1.54) is 19.4 Å². The van der Waals surface area contributed by atoms with Crippen LogP contribution in [0.25, 0.3) is 0 Å². The summed E-state index contributed by atoms with van der Waals surface area (Å²) in [6, 6.07) is 1.25. The van der Waals surface area contributed by atoms with E-state index in [4.69, 9.17) is 4.74 Å². The number of aliphatic hydroxyl groups excluding tert-OH is 1. The van der Waals surface area contributed by atoms with E-state index in [1.54, 1.807) is 11.0 Å². The predicted octanol–water partition coefficient (Wildman–Crippen LogP) is 1.17. The molecule has 0 aromatic carbocycles. The van der Waals surface area contributed by atoms with Crippen LogP contribution >= 0.6 is 0 Å². The van der Waals surface area contributed by atoms with Gasteiger partial charge in [-0.15, -0.1) is 6.58 Å². The van der Waals surface area contributed by atoms with Crippen molar-refractivity contribution in [2.24, 2.45) is 5.41 Å². The number of aromatic amines is 1. The van der Waals surface area contributed by atoms with Gasteiger partial charge in [-0.25, -0.2) is 0 Å². The Morgan fingerprint density at radius 3 is 3.00 bits per heavy atom. The maximum Gasteiger partial charge on any atom is 0.270 e. The molecule has 2 rings (SSSR count). The lowest BCUT2D eigenvalue weighted by Gasteiger charge is -2.41. The number of aromatic nitrogens is 1. The summed E-state index contributed by atoms with van der Waals surface area (Å²) in [6.45, 7) is 4.82. The first-order chi connectivity index (χ1) is 10.5. The van der Waals surface area contributed by atoms with Crippen LogP contribution in [0.5, 0.6) is 5.75 Å². The van der Waals surface area contributed by atoms with Gasteiger partial charge in [0.25, 0.3) is 5.91 Å². The molecule has 120 valence electrons. The van der Waals surface area contributed by atoms with E-state index < -0.39 is 0 Å². The van der Waals surface area contributed by atoms with Crippen LogP contribution in [0.1, 0.15) is 29.8 Å². The number of carbonyl (C=O) groups excluding carboxylic acids is 1. The number of allylic oxidation sites excluding steroid dienone is 1. The Hall–Kier alpha value is -2.08. The molecule has 1 aliphatic heterocycles. The summed E-state index contributed by atoms with van der Waals surface area (Å²) >= 11 is 0. The summed E-state index contributed by atoms with van der Waals surface area (Å²) in [7, 11) is 1.40. The number of nitrogens with zero attached hydrogens (tertiary/aromatic N) is 1. The van der Waals surface area contributed by atoms with Gasteiger partial charge in [-0.05, 0) is 19.3 Å². The Labute approximate surface area is 129 Å². The average molecular weight is 306 g/mol. The van der Waals surface area contributed by atoms with Crippen molar-refractivity contribution in [1.29, 1.82) is 0 Å². The molecule has 2 N–H and O–H groups in total. The number of piperidine rings is 1. The normalized spacial score (nSPS) is 21.5. The third-order valence-corrected chi connectivity index (χ3v) is 4.19.